The molecule has 0 aliphatic rings. The van der Waals surface area contributed by atoms with E-state index >= 15 is 0 Å². The zero-order valence-corrected chi connectivity index (χ0v) is 12.7. The Morgan fingerprint density at radius 1 is 0.286 bits per heavy atom. The molecule has 0 nitrogen and oxygen atoms in total. The van der Waals surface area contributed by atoms with Crippen LogP contribution in [0.15, 0.2) is 0 Å². The van der Waals surface area contributed by atoms with Gasteiger partial charge in [0.25, 0.3) is 0 Å². The van der Waals surface area contributed by atoms with Gasteiger partial charge in [-0.15, -0.1) is 102 Å². The second-order valence-electron chi connectivity index (χ2n) is 0. The Morgan fingerprint density at radius 2 is 0.286 bits per heavy atom. The molecule has 0 aliphatic carbocycles. The predicted octanol–water partition coefficient (Wildman–Crippen LogP) is 2.82. The molecule has 0 amide bonds. The minimum absolute atomic E-state index is 0. The van der Waals surface area contributed by atoms with E-state index < -0.39 is 0 Å². The summed E-state index contributed by atoms with van der Waals surface area (Å²) in [6.45, 7) is 0. The molecule has 0 N–H and O–H groups in total. The van der Waals surface area contributed by atoms with Gasteiger partial charge in [0.2, 0.25) is 0 Å². The van der Waals surface area contributed by atoms with Crippen LogP contribution in [0.5, 0.6) is 0 Å². The van der Waals surface area contributed by atoms with E-state index in [1.54, 1.807) is 0 Å². The van der Waals surface area contributed by atoms with E-state index in [0.717, 1.165) is 0 Å². The van der Waals surface area contributed by atoms with Gasteiger partial charge < -0.3 is 0 Å². The molecule has 0 rings (SSSR count). The molecule has 7 heavy (non-hydrogen) atoms. The average molecular weight is 619 g/mol. The summed E-state index contributed by atoms with van der Waals surface area (Å²) >= 11 is 0. The molecule has 50 valence electrons. The monoisotopic (exact) mass is 613 g/mol. The van der Waals surface area contributed by atoms with Crippen molar-refractivity contribution in [1.82, 2.24) is 0 Å². The molecule has 7 heteroatoms. The fourth-order valence-electron chi connectivity index (χ4n) is 0. The van der Waals surface area contributed by atoms with Crippen LogP contribution in [0.3, 0.4) is 0 Å². The van der Waals surface area contributed by atoms with Gasteiger partial charge in [0.1, 0.15) is 0 Å². The van der Waals surface area contributed by atoms with Crippen LogP contribution in [0.2, 0.25) is 0 Å². The number of hydrogen-bond donors (Lipinski definition) is 0. The molecule has 0 spiro atoms. The zero-order valence-electron chi connectivity index (χ0n) is 2.45. The topological polar surface area (TPSA) is 0 Å². The Morgan fingerprint density at radius 3 is 0.286 bits per heavy atom. The standard InChI is InChI=1S/6BrH.Cs.H/h6*1H;;. The quantitative estimate of drug-likeness (QED) is 0.392. The van der Waals surface area contributed by atoms with Gasteiger partial charge in [-0.1, -0.05) is 0 Å². The summed E-state index contributed by atoms with van der Waals surface area (Å²) in [4.78, 5) is 0. The molecule has 0 aromatic heterocycles. The molecule has 0 heterocycles. The number of hydrogen-bond acceptors (Lipinski definition) is 0. The van der Waals surface area contributed by atoms with E-state index in [9.17, 15) is 0 Å². The van der Waals surface area contributed by atoms with Gasteiger partial charge >= 0.3 is 68.9 Å². The van der Waals surface area contributed by atoms with Crippen molar-refractivity contribution >= 4 is 171 Å². The zero-order chi connectivity index (χ0) is 0. The average Bonchev–Trinajstić information content (AvgIpc) is 0. The Kier molecular flexibility index (Phi) is 371. The van der Waals surface area contributed by atoms with Crippen LogP contribution in [-0.2, 0) is 0 Å². The minimum atomic E-state index is 0. The van der Waals surface area contributed by atoms with E-state index in [1.807, 2.05) is 0 Å². The maximum absolute atomic E-state index is 0. The Hall–Kier alpha value is 4.93. The van der Waals surface area contributed by atoms with Crippen LogP contribution in [0.1, 0.15) is 0 Å². The van der Waals surface area contributed by atoms with Gasteiger partial charge in [-0.2, -0.15) is 0 Å². The summed E-state index contributed by atoms with van der Waals surface area (Å²) in [6.07, 6.45) is 0. The third kappa shape index (κ3) is 35.9. The first-order valence-corrected chi connectivity index (χ1v) is 0. The first kappa shape index (κ1) is 58.6. The van der Waals surface area contributed by atoms with E-state index in [-0.39, 0.29) is 171 Å². The van der Waals surface area contributed by atoms with Crippen molar-refractivity contribution in [2.24, 2.45) is 0 Å². The summed E-state index contributed by atoms with van der Waals surface area (Å²) in [5.74, 6) is 0. The van der Waals surface area contributed by atoms with Gasteiger partial charge in [0, 0.05) is 0 Å². The van der Waals surface area contributed by atoms with Gasteiger partial charge in [0.05, 0.1) is 0 Å². The maximum atomic E-state index is 0. The second-order valence-corrected chi connectivity index (χ2v) is 0. The van der Waals surface area contributed by atoms with Crippen LogP contribution in [-0.4, -0.2) is 68.9 Å². The molecule has 0 saturated carbocycles. The Balaban J connectivity index is 0. The van der Waals surface area contributed by atoms with Crippen molar-refractivity contribution in [3.8, 4) is 0 Å². The fraction of sp³-hybridized carbons (Fsp3) is 0. The predicted molar refractivity (Wildman–Crippen MR) is 69.1 cm³/mol. The summed E-state index contributed by atoms with van der Waals surface area (Å²) < 4.78 is 0. The Bertz CT molecular complexity index is 4.14. The summed E-state index contributed by atoms with van der Waals surface area (Å²) in [5, 5.41) is 0. The molecule has 0 bridgehead atoms. The van der Waals surface area contributed by atoms with E-state index in [1.165, 1.54) is 0 Å². The molecule has 0 radical (unpaired) electrons. The van der Waals surface area contributed by atoms with Crippen molar-refractivity contribution in [1.29, 1.82) is 0 Å². The molecule has 0 aromatic carbocycles. The van der Waals surface area contributed by atoms with Gasteiger partial charge in [-0.05, 0) is 0 Å². The van der Waals surface area contributed by atoms with Crippen molar-refractivity contribution in [2.45, 2.75) is 0 Å². The molecule has 0 unspecified atom stereocenters. The van der Waals surface area contributed by atoms with Crippen LogP contribution in [0.4, 0.5) is 0 Å². The molecule has 0 aliphatic heterocycles. The fourth-order valence-corrected chi connectivity index (χ4v) is 0. The third-order valence-corrected chi connectivity index (χ3v) is 0. The first-order valence-electron chi connectivity index (χ1n) is 0. The normalized spacial score (nSPS) is 0. The summed E-state index contributed by atoms with van der Waals surface area (Å²) in [7, 11) is 0. The molecular formula is H7Br6Cs. The van der Waals surface area contributed by atoms with Crippen molar-refractivity contribution in [3.05, 3.63) is 0 Å². The molecule has 0 atom stereocenters. The number of rotatable bonds is 0. The van der Waals surface area contributed by atoms with Gasteiger partial charge in [0.15, 0.2) is 0 Å². The van der Waals surface area contributed by atoms with Crippen molar-refractivity contribution in [2.75, 3.05) is 0 Å². The number of halogens is 6. The second kappa shape index (κ2) is 44.3. The first-order chi connectivity index (χ1) is 0. The molecular weight excluding hydrogens is 612 g/mol. The summed E-state index contributed by atoms with van der Waals surface area (Å²) in [5.41, 5.74) is 0. The van der Waals surface area contributed by atoms with Crippen LogP contribution < -0.4 is 0 Å². The molecule has 0 fully saturated rings. The van der Waals surface area contributed by atoms with Gasteiger partial charge in [-0.3, -0.25) is 0 Å². The van der Waals surface area contributed by atoms with Crippen molar-refractivity contribution < 1.29 is 0 Å². The van der Waals surface area contributed by atoms with Gasteiger partial charge in [-0.25, -0.2) is 0 Å². The van der Waals surface area contributed by atoms with Crippen LogP contribution in [0, 0.1) is 0 Å². The Labute approximate surface area is 166 Å². The van der Waals surface area contributed by atoms with E-state index in [2.05, 4.69) is 0 Å². The molecule has 0 aromatic rings. The van der Waals surface area contributed by atoms with Crippen LogP contribution >= 0.6 is 102 Å². The van der Waals surface area contributed by atoms with E-state index in [4.69, 9.17) is 0 Å². The summed E-state index contributed by atoms with van der Waals surface area (Å²) in [6, 6.07) is 0. The van der Waals surface area contributed by atoms with Crippen molar-refractivity contribution in [3.63, 3.8) is 0 Å². The third-order valence-electron chi connectivity index (χ3n) is 0. The molecule has 0 saturated heterocycles. The SMILES string of the molecule is Br.Br.Br.Br.Br.Br.[CsH]. The van der Waals surface area contributed by atoms with Crippen LogP contribution in [0.25, 0.3) is 0 Å². The van der Waals surface area contributed by atoms with E-state index in [0.29, 0.717) is 0 Å².